The number of aryl methyl sites for hydroxylation is 1. The highest BCUT2D eigenvalue weighted by Gasteiger charge is 2.10. The van der Waals surface area contributed by atoms with Crippen molar-refractivity contribution >= 4 is 33.3 Å². The number of halogens is 1. The van der Waals surface area contributed by atoms with E-state index in [4.69, 9.17) is 0 Å². The van der Waals surface area contributed by atoms with E-state index >= 15 is 0 Å². The highest BCUT2D eigenvalue weighted by atomic mass is 79.9. The van der Waals surface area contributed by atoms with E-state index in [-0.39, 0.29) is 0 Å². The molecule has 3 aromatic rings. The molecule has 1 N–H and O–H groups in total. The minimum atomic E-state index is 0.753. The van der Waals surface area contributed by atoms with E-state index in [0.717, 1.165) is 40.7 Å². The monoisotopic (exact) mass is 396 g/mol. The molecule has 0 aliphatic rings. The average molecular weight is 397 g/mol. The molecule has 0 spiro atoms. The lowest BCUT2D eigenvalue weighted by Gasteiger charge is -2.23. The molecule has 0 atom stereocenters. The fourth-order valence-electron chi connectivity index (χ4n) is 2.62. The summed E-state index contributed by atoms with van der Waals surface area (Å²) in [5, 5.41) is 3.36. The van der Waals surface area contributed by atoms with E-state index < -0.39 is 0 Å². The smallest absolute Gasteiger partial charge is 0.136 e. The van der Waals surface area contributed by atoms with Gasteiger partial charge in [-0.15, -0.1) is 0 Å². The second-order valence-electron chi connectivity index (χ2n) is 5.79. The van der Waals surface area contributed by atoms with Crippen LogP contribution in [0.4, 0.5) is 17.3 Å². The van der Waals surface area contributed by atoms with Gasteiger partial charge in [-0.3, -0.25) is 0 Å². The summed E-state index contributed by atoms with van der Waals surface area (Å²) in [5.41, 5.74) is 2.27. The van der Waals surface area contributed by atoms with Gasteiger partial charge in [-0.1, -0.05) is 46.3 Å². The largest absolute Gasteiger partial charge is 0.352 e. The summed E-state index contributed by atoms with van der Waals surface area (Å²) < 4.78 is 1.05. The lowest BCUT2D eigenvalue weighted by atomic mass is 10.2. The molecule has 0 aliphatic heterocycles. The van der Waals surface area contributed by atoms with Crippen LogP contribution in [0.15, 0.2) is 65.1 Å². The molecule has 0 unspecified atom stereocenters. The van der Waals surface area contributed by atoms with Crippen molar-refractivity contribution in [3.8, 4) is 0 Å². The Kier molecular flexibility index (Phi) is 5.66. The normalized spacial score (nSPS) is 10.5. The molecule has 0 saturated carbocycles. The van der Waals surface area contributed by atoms with Gasteiger partial charge in [0.1, 0.15) is 17.5 Å². The van der Waals surface area contributed by atoms with Crippen molar-refractivity contribution in [2.45, 2.75) is 20.4 Å². The second kappa shape index (κ2) is 8.12. The predicted octanol–water partition coefficient (Wildman–Crippen LogP) is 5.32. The van der Waals surface area contributed by atoms with Crippen LogP contribution in [0.5, 0.6) is 0 Å². The van der Waals surface area contributed by atoms with Crippen LogP contribution in [0.1, 0.15) is 18.3 Å². The van der Waals surface area contributed by atoms with Crippen molar-refractivity contribution in [3.05, 3.63) is 76.5 Å². The molecule has 1 heterocycles. The number of hydrogen-bond acceptors (Lipinski definition) is 4. The Morgan fingerprint density at radius 3 is 2.40 bits per heavy atom. The maximum Gasteiger partial charge on any atom is 0.136 e. The van der Waals surface area contributed by atoms with Gasteiger partial charge in [0.25, 0.3) is 0 Å². The maximum atomic E-state index is 4.62. The molecule has 25 heavy (non-hydrogen) atoms. The number of nitrogens with one attached hydrogen (secondary N) is 1. The molecule has 0 amide bonds. The van der Waals surface area contributed by atoms with Crippen LogP contribution in [-0.4, -0.2) is 16.5 Å². The molecular weight excluding hydrogens is 376 g/mol. The van der Waals surface area contributed by atoms with Gasteiger partial charge in [-0.05, 0) is 43.7 Å². The number of nitrogens with zero attached hydrogens (tertiary/aromatic N) is 3. The van der Waals surface area contributed by atoms with Crippen molar-refractivity contribution in [3.63, 3.8) is 0 Å². The summed E-state index contributed by atoms with van der Waals surface area (Å²) in [6.07, 6.45) is 0. The third kappa shape index (κ3) is 4.79. The van der Waals surface area contributed by atoms with Gasteiger partial charge in [0.2, 0.25) is 0 Å². The van der Waals surface area contributed by atoms with Crippen molar-refractivity contribution < 1.29 is 0 Å². The van der Waals surface area contributed by atoms with Gasteiger partial charge in [0, 0.05) is 29.3 Å². The van der Waals surface area contributed by atoms with Gasteiger partial charge in [0.05, 0.1) is 0 Å². The van der Waals surface area contributed by atoms with Crippen molar-refractivity contribution in [1.82, 2.24) is 9.97 Å². The third-order valence-electron chi connectivity index (χ3n) is 3.86. The summed E-state index contributed by atoms with van der Waals surface area (Å²) in [6.45, 7) is 5.77. The molecule has 0 aliphatic carbocycles. The molecule has 0 fully saturated rings. The van der Waals surface area contributed by atoms with Crippen LogP contribution in [0.3, 0.4) is 0 Å². The van der Waals surface area contributed by atoms with E-state index in [0.29, 0.717) is 0 Å². The Morgan fingerprint density at radius 2 is 1.72 bits per heavy atom. The summed E-state index contributed by atoms with van der Waals surface area (Å²) in [7, 11) is 0. The molecule has 5 heteroatoms. The number of aromatic nitrogens is 2. The summed E-state index contributed by atoms with van der Waals surface area (Å²) in [5.74, 6) is 2.48. The van der Waals surface area contributed by atoms with Gasteiger partial charge < -0.3 is 10.2 Å². The third-order valence-corrected chi connectivity index (χ3v) is 4.39. The molecular formula is C20H21BrN4. The van der Waals surface area contributed by atoms with Gasteiger partial charge in [-0.25, -0.2) is 9.97 Å². The zero-order chi connectivity index (χ0) is 17.6. The molecule has 4 nitrogen and oxygen atoms in total. The first-order valence-electron chi connectivity index (χ1n) is 8.31. The highest BCUT2D eigenvalue weighted by molar-refractivity contribution is 9.10. The van der Waals surface area contributed by atoms with E-state index in [1.165, 1.54) is 5.56 Å². The standard InChI is InChI=1S/C20H21BrN4/c1-3-25(14-16-7-5-4-6-8-16)20-13-19(22-15(2)23-20)24-18-11-9-17(21)10-12-18/h4-13H,3,14H2,1-2H3,(H,22,23,24). The first kappa shape index (κ1) is 17.4. The summed E-state index contributed by atoms with van der Waals surface area (Å²) >= 11 is 3.45. The molecule has 0 bridgehead atoms. The fourth-order valence-corrected chi connectivity index (χ4v) is 2.88. The van der Waals surface area contributed by atoms with E-state index in [1.807, 2.05) is 43.3 Å². The minimum absolute atomic E-state index is 0.753. The zero-order valence-corrected chi connectivity index (χ0v) is 16.0. The Balaban J connectivity index is 1.83. The Labute approximate surface area is 157 Å². The van der Waals surface area contributed by atoms with Crippen LogP contribution in [0.2, 0.25) is 0 Å². The molecule has 3 rings (SSSR count). The average Bonchev–Trinajstić information content (AvgIpc) is 2.62. The van der Waals surface area contributed by atoms with E-state index in [2.05, 4.69) is 67.3 Å². The van der Waals surface area contributed by atoms with E-state index in [1.54, 1.807) is 0 Å². The van der Waals surface area contributed by atoms with Crippen molar-refractivity contribution in [2.24, 2.45) is 0 Å². The lowest BCUT2D eigenvalue weighted by molar-refractivity contribution is 0.805. The maximum absolute atomic E-state index is 4.62. The number of benzene rings is 2. The quantitative estimate of drug-likeness (QED) is 0.612. The molecule has 0 radical (unpaired) electrons. The molecule has 0 saturated heterocycles. The molecule has 128 valence electrons. The van der Waals surface area contributed by atoms with Crippen molar-refractivity contribution in [2.75, 3.05) is 16.8 Å². The number of rotatable bonds is 6. The summed E-state index contributed by atoms with van der Waals surface area (Å²) in [4.78, 5) is 11.4. The van der Waals surface area contributed by atoms with Gasteiger partial charge in [0.15, 0.2) is 0 Å². The van der Waals surface area contributed by atoms with Crippen LogP contribution >= 0.6 is 15.9 Å². The van der Waals surface area contributed by atoms with Crippen LogP contribution in [0.25, 0.3) is 0 Å². The number of anilines is 3. The van der Waals surface area contributed by atoms with Crippen LogP contribution in [0, 0.1) is 6.92 Å². The fraction of sp³-hybridized carbons (Fsp3) is 0.200. The molecule has 2 aromatic carbocycles. The predicted molar refractivity (Wildman–Crippen MR) is 107 cm³/mol. The van der Waals surface area contributed by atoms with E-state index in [9.17, 15) is 0 Å². The Bertz CT molecular complexity index is 819. The first-order valence-corrected chi connectivity index (χ1v) is 9.10. The topological polar surface area (TPSA) is 41.0 Å². The highest BCUT2D eigenvalue weighted by Crippen LogP contribution is 2.22. The molecule has 1 aromatic heterocycles. The lowest BCUT2D eigenvalue weighted by Crippen LogP contribution is -2.23. The van der Waals surface area contributed by atoms with Gasteiger partial charge in [-0.2, -0.15) is 0 Å². The van der Waals surface area contributed by atoms with Crippen molar-refractivity contribution in [1.29, 1.82) is 0 Å². The summed E-state index contributed by atoms with van der Waals surface area (Å²) in [6, 6.07) is 20.5. The van der Waals surface area contributed by atoms with Crippen LogP contribution < -0.4 is 10.2 Å². The SMILES string of the molecule is CCN(Cc1ccccc1)c1cc(Nc2ccc(Br)cc2)nc(C)n1. The Morgan fingerprint density at radius 1 is 1.00 bits per heavy atom. The first-order chi connectivity index (χ1) is 12.1. The van der Waals surface area contributed by atoms with Crippen LogP contribution in [-0.2, 0) is 6.54 Å². The Hall–Kier alpha value is -2.40. The zero-order valence-electron chi connectivity index (χ0n) is 14.4. The van der Waals surface area contributed by atoms with Gasteiger partial charge >= 0.3 is 0 Å². The second-order valence-corrected chi connectivity index (χ2v) is 6.71. The number of hydrogen-bond donors (Lipinski definition) is 1. The minimum Gasteiger partial charge on any atom is -0.352 e.